The first-order valence-electron chi connectivity index (χ1n) is 9.78. The van der Waals surface area contributed by atoms with Crippen LogP contribution in [0, 0.1) is 0 Å². The summed E-state index contributed by atoms with van der Waals surface area (Å²) in [4.78, 5) is 11.5. The van der Waals surface area contributed by atoms with Gasteiger partial charge in [0.2, 0.25) is 0 Å². The van der Waals surface area contributed by atoms with Crippen LogP contribution in [0.1, 0.15) is 65.7 Å². The highest BCUT2D eigenvalue weighted by atomic mass is 16.4. The average Bonchev–Trinajstić information content (AvgIpc) is 2.65. The molecule has 0 saturated heterocycles. The van der Waals surface area contributed by atoms with E-state index in [0.717, 1.165) is 35.6 Å². The predicted octanol–water partition coefficient (Wildman–Crippen LogP) is 6.11. The van der Waals surface area contributed by atoms with E-state index in [4.69, 9.17) is 0 Å². The largest absolute Gasteiger partial charge is 0.478 e. The summed E-state index contributed by atoms with van der Waals surface area (Å²) >= 11 is 0. The first kappa shape index (κ1) is 17.8. The maximum atomic E-state index is 11.5. The van der Waals surface area contributed by atoms with E-state index in [1.165, 1.54) is 16.7 Å². The summed E-state index contributed by atoms with van der Waals surface area (Å²) in [6.07, 6.45) is 2.92. The Morgan fingerprint density at radius 1 is 1.11 bits per heavy atom. The summed E-state index contributed by atoms with van der Waals surface area (Å²) in [6, 6.07) is 19.1. The molecule has 3 aromatic carbocycles. The van der Waals surface area contributed by atoms with Crippen LogP contribution in [0.5, 0.6) is 0 Å². The van der Waals surface area contributed by atoms with Gasteiger partial charge in [-0.15, -0.1) is 0 Å². The van der Waals surface area contributed by atoms with E-state index >= 15 is 0 Å². The molecule has 2 nitrogen and oxygen atoms in total. The summed E-state index contributed by atoms with van der Waals surface area (Å²) < 4.78 is 0. The molecule has 27 heavy (non-hydrogen) atoms. The van der Waals surface area contributed by atoms with E-state index in [-0.39, 0.29) is 5.41 Å². The summed E-state index contributed by atoms with van der Waals surface area (Å²) in [5, 5.41) is 11.7. The van der Waals surface area contributed by atoms with Crippen molar-refractivity contribution in [3.05, 3.63) is 82.4 Å². The topological polar surface area (TPSA) is 37.3 Å². The van der Waals surface area contributed by atoms with Crippen LogP contribution >= 0.6 is 0 Å². The maximum absolute atomic E-state index is 11.5. The van der Waals surface area contributed by atoms with Gasteiger partial charge < -0.3 is 5.11 Å². The Balaban J connectivity index is 1.77. The average molecular weight is 358 g/mol. The van der Waals surface area contributed by atoms with E-state index in [1.54, 1.807) is 6.07 Å². The van der Waals surface area contributed by atoms with E-state index in [2.05, 4.69) is 56.3 Å². The first-order chi connectivity index (χ1) is 12.9. The monoisotopic (exact) mass is 358 g/mol. The molecule has 1 N–H and O–H groups in total. The predicted molar refractivity (Wildman–Crippen MR) is 111 cm³/mol. The van der Waals surface area contributed by atoms with Crippen molar-refractivity contribution >= 4 is 16.7 Å². The van der Waals surface area contributed by atoms with Gasteiger partial charge in [-0.1, -0.05) is 69.3 Å². The Bertz CT molecular complexity index is 1030. The number of hydrogen-bond donors (Lipinski definition) is 1. The van der Waals surface area contributed by atoms with Crippen molar-refractivity contribution in [3.8, 4) is 0 Å². The molecule has 138 valence electrons. The van der Waals surface area contributed by atoms with Gasteiger partial charge in [0.05, 0.1) is 5.56 Å². The van der Waals surface area contributed by atoms with Crippen molar-refractivity contribution in [1.82, 2.24) is 0 Å². The number of carboxylic acid groups (broad SMARTS) is 1. The second-order valence-corrected chi connectivity index (χ2v) is 8.38. The molecule has 1 atom stereocenters. The van der Waals surface area contributed by atoms with Crippen molar-refractivity contribution in [2.75, 3.05) is 0 Å². The van der Waals surface area contributed by atoms with Crippen LogP contribution in [0.3, 0.4) is 0 Å². The molecule has 3 aromatic rings. The van der Waals surface area contributed by atoms with Crippen molar-refractivity contribution < 1.29 is 9.90 Å². The highest BCUT2D eigenvalue weighted by molar-refractivity contribution is 5.98. The lowest BCUT2D eigenvalue weighted by Gasteiger charge is -2.38. The fourth-order valence-corrected chi connectivity index (χ4v) is 4.91. The first-order valence-corrected chi connectivity index (χ1v) is 9.78. The van der Waals surface area contributed by atoms with Crippen molar-refractivity contribution in [3.63, 3.8) is 0 Å². The van der Waals surface area contributed by atoms with Gasteiger partial charge in [-0.2, -0.15) is 0 Å². The molecule has 0 aromatic heterocycles. The quantitative estimate of drug-likeness (QED) is 0.613. The molecule has 0 bridgehead atoms. The third-order valence-electron chi connectivity index (χ3n) is 6.18. The molecule has 0 spiro atoms. The molecule has 1 unspecified atom stereocenters. The molecular formula is C25H26O2. The van der Waals surface area contributed by atoms with Crippen LogP contribution in [0.15, 0.2) is 54.6 Å². The molecular weight excluding hydrogens is 332 g/mol. The highest BCUT2D eigenvalue weighted by Crippen LogP contribution is 2.44. The minimum atomic E-state index is -0.844. The summed E-state index contributed by atoms with van der Waals surface area (Å²) in [7, 11) is 0. The van der Waals surface area contributed by atoms with Gasteiger partial charge in [0.15, 0.2) is 0 Å². The molecule has 0 amide bonds. The lowest BCUT2D eigenvalue weighted by Crippen LogP contribution is -2.28. The van der Waals surface area contributed by atoms with Gasteiger partial charge in [0.1, 0.15) is 0 Å². The second-order valence-electron chi connectivity index (χ2n) is 8.38. The minimum Gasteiger partial charge on any atom is -0.478 e. The van der Waals surface area contributed by atoms with Gasteiger partial charge in [-0.3, -0.25) is 0 Å². The minimum absolute atomic E-state index is 0.163. The van der Waals surface area contributed by atoms with Crippen LogP contribution in [-0.2, 0) is 18.3 Å². The zero-order chi connectivity index (χ0) is 19.2. The smallest absolute Gasteiger partial charge is 0.335 e. The third-order valence-corrected chi connectivity index (χ3v) is 6.18. The molecule has 0 aliphatic heterocycles. The Morgan fingerprint density at radius 2 is 1.89 bits per heavy atom. The van der Waals surface area contributed by atoms with Crippen LogP contribution in [0.2, 0.25) is 0 Å². The number of aromatic carboxylic acids is 1. The zero-order valence-corrected chi connectivity index (χ0v) is 16.3. The van der Waals surface area contributed by atoms with Crippen molar-refractivity contribution in [2.24, 2.45) is 0 Å². The van der Waals surface area contributed by atoms with Gasteiger partial charge in [-0.25, -0.2) is 4.79 Å². The number of benzene rings is 3. The van der Waals surface area contributed by atoms with Gasteiger partial charge in [-0.05, 0) is 69.7 Å². The standard InChI is InChI=1S/C25H26O2/c1-4-20-21-11-9-16(13-17(21)10-12-22(20)24(26)27)19-14-18-7-5-6-8-23(18)25(2,3)15-19/h5-13,19H,4,14-15H2,1-3H3,(H,26,27). The Morgan fingerprint density at radius 3 is 2.63 bits per heavy atom. The van der Waals surface area contributed by atoms with E-state index in [9.17, 15) is 9.90 Å². The second kappa shape index (κ2) is 6.53. The molecule has 4 rings (SSSR count). The number of aryl methyl sites for hydroxylation is 1. The number of carboxylic acids is 1. The highest BCUT2D eigenvalue weighted by Gasteiger charge is 2.33. The summed E-state index contributed by atoms with van der Waals surface area (Å²) in [5.41, 5.74) is 5.80. The van der Waals surface area contributed by atoms with Crippen molar-refractivity contribution in [2.45, 2.75) is 51.4 Å². The van der Waals surface area contributed by atoms with Gasteiger partial charge in [0.25, 0.3) is 0 Å². The Hall–Kier alpha value is -2.61. The fraction of sp³-hybridized carbons (Fsp3) is 0.320. The van der Waals surface area contributed by atoms with Crippen LogP contribution in [0.25, 0.3) is 10.8 Å². The molecule has 0 heterocycles. The third kappa shape index (κ3) is 3.03. The Kier molecular flexibility index (Phi) is 4.30. The number of hydrogen-bond acceptors (Lipinski definition) is 1. The lowest BCUT2D eigenvalue weighted by molar-refractivity contribution is 0.0696. The molecule has 1 aliphatic carbocycles. The zero-order valence-electron chi connectivity index (χ0n) is 16.3. The fourth-order valence-electron chi connectivity index (χ4n) is 4.91. The van der Waals surface area contributed by atoms with Crippen LogP contribution < -0.4 is 0 Å². The maximum Gasteiger partial charge on any atom is 0.335 e. The number of rotatable bonds is 3. The normalized spacial score (nSPS) is 18.3. The van der Waals surface area contributed by atoms with E-state index in [0.29, 0.717) is 11.5 Å². The molecule has 0 fully saturated rings. The summed E-state index contributed by atoms with van der Waals surface area (Å²) in [6.45, 7) is 6.70. The molecule has 0 saturated carbocycles. The Labute approximate surface area is 160 Å². The molecule has 1 aliphatic rings. The molecule has 0 radical (unpaired) electrons. The van der Waals surface area contributed by atoms with Crippen LogP contribution in [0.4, 0.5) is 0 Å². The molecule has 2 heteroatoms. The summed E-state index contributed by atoms with van der Waals surface area (Å²) in [5.74, 6) is -0.355. The van der Waals surface area contributed by atoms with E-state index in [1.807, 2.05) is 13.0 Å². The lowest BCUT2D eigenvalue weighted by atomic mass is 9.67. The van der Waals surface area contributed by atoms with Gasteiger partial charge >= 0.3 is 5.97 Å². The number of carbonyl (C=O) groups is 1. The van der Waals surface area contributed by atoms with E-state index < -0.39 is 5.97 Å². The van der Waals surface area contributed by atoms with Crippen molar-refractivity contribution in [1.29, 1.82) is 0 Å². The van der Waals surface area contributed by atoms with Gasteiger partial charge in [0, 0.05) is 0 Å². The van der Waals surface area contributed by atoms with Crippen LogP contribution in [-0.4, -0.2) is 11.1 Å². The number of fused-ring (bicyclic) bond motifs is 2. The SMILES string of the molecule is CCc1c(C(=O)O)ccc2cc(C3Cc4ccccc4C(C)(C)C3)ccc12.